The van der Waals surface area contributed by atoms with Crippen LogP contribution < -0.4 is 16.2 Å². The Labute approximate surface area is 149 Å². The number of benzene rings is 2. The van der Waals surface area contributed by atoms with Crippen molar-refractivity contribution in [3.8, 4) is 11.3 Å². The molecule has 3 rings (SSSR count). The van der Waals surface area contributed by atoms with Crippen molar-refractivity contribution in [3.05, 3.63) is 82.9 Å². The second-order valence-electron chi connectivity index (χ2n) is 5.53. The molecular formula is C19H17FN4O2. The van der Waals surface area contributed by atoms with Gasteiger partial charge in [0.1, 0.15) is 5.82 Å². The van der Waals surface area contributed by atoms with Gasteiger partial charge in [-0.3, -0.25) is 4.79 Å². The molecule has 0 unspecified atom stereocenters. The van der Waals surface area contributed by atoms with Gasteiger partial charge < -0.3 is 10.6 Å². The molecule has 0 saturated carbocycles. The number of nitrogens with zero attached hydrogens (tertiary/aromatic N) is 2. The highest BCUT2D eigenvalue weighted by Crippen LogP contribution is 2.13. The minimum absolute atomic E-state index is 0.220. The van der Waals surface area contributed by atoms with E-state index in [1.54, 1.807) is 6.07 Å². The van der Waals surface area contributed by atoms with Crippen molar-refractivity contribution in [1.29, 1.82) is 0 Å². The van der Waals surface area contributed by atoms with Gasteiger partial charge in [0, 0.05) is 23.9 Å². The molecule has 3 aromatic rings. The van der Waals surface area contributed by atoms with Gasteiger partial charge in [-0.05, 0) is 30.3 Å². The van der Waals surface area contributed by atoms with Crippen LogP contribution in [0, 0.1) is 5.82 Å². The Bertz CT molecular complexity index is 940. The molecule has 7 heteroatoms. The maximum Gasteiger partial charge on any atom is 0.319 e. The van der Waals surface area contributed by atoms with Gasteiger partial charge in [0.05, 0.1) is 12.2 Å². The number of halogens is 1. The Morgan fingerprint density at radius 2 is 1.73 bits per heavy atom. The molecule has 0 radical (unpaired) electrons. The zero-order chi connectivity index (χ0) is 18.4. The van der Waals surface area contributed by atoms with Gasteiger partial charge in [0.25, 0.3) is 5.56 Å². The van der Waals surface area contributed by atoms with Gasteiger partial charge in [0.15, 0.2) is 0 Å². The van der Waals surface area contributed by atoms with Gasteiger partial charge in [-0.15, -0.1) is 0 Å². The smallest absolute Gasteiger partial charge is 0.319 e. The third-order valence-corrected chi connectivity index (χ3v) is 3.65. The van der Waals surface area contributed by atoms with Gasteiger partial charge in [0.2, 0.25) is 0 Å². The predicted octanol–water partition coefficient (Wildman–Crippen LogP) is 2.87. The number of carbonyl (C=O) groups is 1. The van der Waals surface area contributed by atoms with Crippen molar-refractivity contribution < 1.29 is 9.18 Å². The fourth-order valence-corrected chi connectivity index (χ4v) is 2.36. The third-order valence-electron chi connectivity index (χ3n) is 3.65. The normalized spacial score (nSPS) is 10.3. The summed E-state index contributed by atoms with van der Waals surface area (Å²) >= 11 is 0. The lowest BCUT2D eigenvalue weighted by molar-refractivity contribution is 0.251. The van der Waals surface area contributed by atoms with Crippen LogP contribution in [0.5, 0.6) is 0 Å². The molecule has 0 bridgehead atoms. The lowest BCUT2D eigenvalue weighted by Gasteiger charge is -2.09. The van der Waals surface area contributed by atoms with Crippen molar-refractivity contribution >= 4 is 11.7 Å². The number of anilines is 1. The molecule has 0 spiro atoms. The van der Waals surface area contributed by atoms with E-state index in [0.717, 1.165) is 5.56 Å². The number of rotatable bonds is 5. The topological polar surface area (TPSA) is 76.0 Å². The molecule has 132 valence electrons. The standard InChI is InChI=1S/C19H17FN4O2/c20-15-6-8-16(9-7-15)22-19(26)21-12-13-24-18(25)11-10-17(23-24)14-4-2-1-3-5-14/h1-11H,12-13H2,(H2,21,22,26). The summed E-state index contributed by atoms with van der Waals surface area (Å²) in [5.74, 6) is -0.375. The van der Waals surface area contributed by atoms with Crippen molar-refractivity contribution in [1.82, 2.24) is 15.1 Å². The van der Waals surface area contributed by atoms with E-state index >= 15 is 0 Å². The quantitative estimate of drug-likeness (QED) is 0.741. The summed E-state index contributed by atoms with van der Waals surface area (Å²) in [5, 5.41) is 9.54. The van der Waals surface area contributed by atoms with Crippen LogP contribution >= 0.6 is 0 Å². The summed E-state index contributed by atoms with van der Waals surface area (Å²) in [6.45, 7) is 0.453. The van der Waals surface area contributed by atoms with Crippen molar-refractivity contribution in [2.45, 2.75) is 6.54 Å². The number of hydrogen-bond acceptors (Lipinski definition) is 3. The maximum atomic E-state index is 12.8. The van der Waals surface area contributed by atoms with Crippen LogP contribution in [0.3, 0.4) is 0 Å². The van der Waals surface area contributed by atoms with E-state index in [1.165, 1.54) is 35.0 Å². The Morgan fingerprint density at radius 3 is 2.46 bits per heavy atom. The van der Waals surface area contributed by atoms with Gasteiger partial charge in [-0.1, -0.05) is 30.3 Å². The Kier molecular flexibility index (Phi) is 5.38. The minimum Gasteiger partial charge on any atom is -0.336 e. The zero-order valence-corrected chi connectivity index (χ0v) is 13.9. The lowest BCUT2D eigenvalue weighted by Crippen LogP contribution is -2.34. The molecule has 2 N–H and O–H groups in total. The van der Waals surface area contributed by atoms with Gasteiger partial charge in [-0.2, -0.15) is 5.10 Å². The van der Waals surface area contributed by atoms with Crippen LogP contribution in [-0.4, -0.2) is 22.4 Å². The molecule has 0 aliphatic carbocycles. The fourth-order valence-electron chi connectivity index (χ4n) is 2.36. The molecule has 2 amide bonds. The molecule has 2 aromatic carbocycles. The Morgan fingerprint density at radius 1 is 1.00 bits per heavy atom. The highest BCUT2D eigenvalue weighted by Gasteiger charge is 2.05. The molecule has 26 heavy (non-hydrogen) atoms. The van der Waals surface area contributed by atoms with Crippen LogP contribution in [0.1, 0.15) is 0 Å². The number of aromatic nitrogens is 2. The summed E-state index contributed by atoms with van der Waals surface area (Å²) < 4.78 is 14.1. The highest BCUT2D eigenvalue weighted by atomic mass is 19.1. The van der Waals surface area contributed by atoms with Crippen molar-refractivity contribution in [2.75, 3.05) is 11.9 Å². The zero-order valence-electron chi connectivity index (χ0n) is 13.9. The van der Waals surface area contributed by atoms with E-state index in [0.29, 0.717) is 11.4 Å². The first-order valence-electron chi connectivity index (χ1n) is 8.06. The molecule has 0 saturated heterocycles. The number of amides is 2. The van der Waals surface area contributed by atoms with E-state index in [9.17, 15) is 14.0 Å². The van der Waals surface area contributed by atoms with Crippen LogP contribution in [0.15, 0.2) is 71.5 Å². The molecule has 0 atom stereocenters. The average molecular weight is 352 g/mol. The first-order chi connectivity index (χ1) is 12.6. The molecule has 1 heterocycles. The van der Waals surface area contributed by atoms with E-state index in [4.69, 9.17) is 0 Å². The van der Waals surface area contributed by atoms with E-state index in [-0.39, 0.29) is 24.5 Å². The summed E-state index contributed by atoms with van der Waals surface area (Å²) in [6.07, 6.45) is 0. The monoisotopic (exact) mass is 352 g/mol. The average Bonchev–Trinajstić information content (AvgIpc) is 2.66. The number of hydrogen-bond donors (Lipinski definition) is 2. The summed E-state index contributed by atoms with van der Waals surface area (Å²) in [5.41, 5.74) is 1.82. The van der Waals surface area contributed by atoms with Crippen molar-refractivity contribution in [2.24, 2.45) is 0 Å². The number of carbonyl (C=O) groups excluding carboxylic acids is 1. The second-order valence-corrected chi connectivity index (χ2v) is 5.53. The minimum atomic E-state index is -0.441. The third kappa shape index (κ3) is 4.54. The van der Waals surface area contributed by atoms with Crippen LogP contribution in [0.4, 0.5) is 14.9 Å². The molecule has 0 fully saturated rings. The molecule has 6 nitrogen and oxygen atoms in total. The van der Waals surface area contributed by atoms with E-state index in [1.807, 2.05) is 30.3 Å². The summed E-state index contributed by atoms with van der Waals surface area (Å²) in [4.78, 5) is 23.8. The van der Waals surface area contributed by atoms with Crippen molar-refractivity contribution in [3.63, 3.8) is 0 Å². The lowest BCUT2D eigenvalue weighted by atomic mass is 10.1. The number of nitrogens with one attached hydrogen (secondary N) is 2. The first kappa shape index (κ1) is 17.3. The number of urea groups is 1. The van der Waals surface area contributed by atoms with E-state index in [2.05, 4.69) is 15.7 Å². The SMILES string of the molecule is O=C(NCCn1nc(-c2ccccc2)ccc1=O)Nc1ccc(F)cc1. The van der Waals surface area contributed by atoms with Crippen LogP contribution in [-0.2, 0) is 6.54 Å². The molecular weight excluding hydrogens is 335 g/mol. The molecule has 0 aliphatic rings. The maximum absolute atomic E-state index is 12.8. The fraction of sp³-hybridized carbons (Fsp3) is 0.105. The second kappa shape index (κ2) is 8.06. The summed E-state index contributed by atoms with van der Waals surface area (Å²) in [7, 11) is 0. The molecule has 1 aromatic heterocycles. The van der Waals surface area contributed by atoms with Gasteiger partial charge >= 0.3 is 6.03 Å². The highest BCUT2D eigenvalue weighted by molar-refractivity contribution is 5.89. The van der Waals surface area contributed by atoms with Gasteiger partial charge in [-0.25, -0.2) is 13.9 Å². The molecule has 0 aliphatic heterocycles. The predicted molar refractivity (Wildman–Crippen MR) is 97.4 cm³/mol. The summed E-state index contributed by atoms with van der Waals surface area (Å²) in [6, 6.07) is 17.6. The first-order valence-corrected chi connectivity index (χ1v) is 8.06. The van der Waals surface area contributed by atoms with Crippen LogP contribution in [0.25, 0.3) is 11.3 Å². The Hall–Kier alpha value is -3.48. The van der Waals surface area contributed by atoms with E-state index < -0.39 is 6.03 Å². The Balaban J connectivity index is 1.58. The van der Waals surface area contributed by atoms with Crippen LogP contribution in [0.2, 0.25) is 0 Å². The largest absolute Gasteiger partial charge is 0.336 e.